The number of nitrogens with zero attached hydrogens (tertiary/aromatic N) is 1. The van der Waals surface area contributed by atoms with E-state index in [0.29, 0.717) is 10.7 Å². The zero-order chi connectivity index (χ0) is 16.5. The van der Waals surface area contributed by atoms with Gasteiger partial charge in [-0.25, -0.2) is 4.98 Å². The fraction of sp³-hybridized carbons (Fsp3) is 0.0526. The highest BCUT2D eigenvalue weighted by Gasteiger charge is 2.16. The molecule has 118 valence electrons. The van der Waals surface area contributed by atoms with E-state index in [0.717, 1.165) is 21.5 Å². The number of rotatable bonds is 3. The van der Waals surface area contributed by atoms with Crippen LogP contribution in [0, 0.1) is 6.92 Å². The molecule has 0 spiro atoms. The number of para-hydroxylation sites is 1. The van der Waals surface area contributed by atoms with E-state index in [1.165, 1.54) is 11.3 Å². The molecule has 2 heterocycles. The number of fused-ring (bicyclic) bond motifs is 1. The van der Waals surface area contributed by atoms with Crippen molar-refractivity contribution >= 4 is 33.3 Å². The van der Waals surface area contributed by atoms with E-state index in [4.69, 9.17) is 4.42 Å². The first kappa shape index (κ1) is 14.7. The number of nitrogens with one attached hydrogen (secondary N) is 1. The van der Waals surface area contributed by atoms with Gasteiger partial charge >= 0.3 is 0 Å². The average molecular weight is 334 g/mol. The average Bonchev–Trinajstić information content (AvgIpc) is 3.19. The number of carbonyl (C=O) groups excluding carboxylic acids is 1. The van der Waals surface area contributed by atoms with Crippen LogP contribution in [0.4, 0.5) is 5.13 Å². The van der Waals surface area contributed by atoms with E-state index in [1.807, 2.05) is 61.5 Å². The normalized spacial score (nSPS) is 10.9. The fourth-order valence-electron chi connectivity index (χ4n) is 2.57. The molecule has 5 heteroatoms. The Morgan fingerprint density at radius 1 is 1.08 bits per heavy atom. The minimum absolute atomic E-state index is 0.283. The first-order valence-corrected chi connectivity index (χ1v) is 8.35. The second kappa shape index (κ2) is 5.94. The molecule has 0 atom stereocenters. The number of amides is 1. The van der Waals surface area contributed by atoms with E-state index >= 15 is 0 Å². The molecule has 0 saturated heterocycles. The SMILES string of the molecule is Cc1sc(NC(=O)c2cc3ccccc3o2)nc1-c1ccccc1. The van der Waals surface area contributed by atoms with Gasteiger partial charge in [-0.2, -0.15) is 0 Å². The summed E-state index contributed by atoms with van der Waals surface area (Å²) in [5.41, 5.74) is 2.62. The number of aromatic nitrogens is 1. The second-order valence-corrected chi connectivity index (χ2v) is 6.60. The summed E-state index contributed by atoms with van der Waals surface area (Å²) >= 11 is 1.45. The van der Waals surface area contributed by atoms with Crippen LogP contribution in [0.1, 0.15) is 15.4 Å². The van der Waals surface area contributed by atoms with Gasteiger partial charge in [-0.05, 0) is 19.1 Å². The first-order valence-electron chi connectivity index (χ1n) is 7.53. The largest absolute Gasteiger partial charge is 0.451 e. The number of thiazole rings is 1. The summed E-state index contributed by atoms with van der Waals surface area (Å²) in [6.45, 7) is 2.00. The predicted octanol–water partition coefficient (Wildman–Crippen LogP) is 5.12. The van der Waals surface area contributed by atoms with Gasteiger partial charge < -0.3 is 4.42 Å². The molecule has 2 aromatic heterocycles. The number of hydrogen-bond donors (Lipinski definition) is 1. The smallest absolute Gasteiger partial charge is 0.293 e. The standard InChI is InChI=1S/C19H14N2O2S/c1-12-17(13-7-3-2-4-8-13)20-19(24-12)21-18(22)16-11-14-9-5-6-10-15(14)23-16/h2-11H,1H3,(H,20,21,22). The summed E-state index contributed by atoms with van der Waals surface area (Å²) in [6, 6.07) is 19.2. The van der Waals surface area contributed by atoms with Gasteiger partial charge in [0.1, 0.15) is 5.58 Å². The highest BCUT2D eigenvalue weighted by molar-refractivity contribution is 7.16. The van der Waals surface area contributed by atoms with Gasteiger partial charge in [0.05, 0.1) is 5.69 Å². The van der Waals surface area contributed by atoms with Crippen LogP contribution in [0.5, 0.6) is 0 Å². The number of carbonyl (C=O) groups is 1. The van der Waals surface area contributed by atoms with Crippen LogP contribution in [-0.2, 0) is 0 Å². The number of furan rings is 1. The van der Waals surface area contributed by atoms with Gasteiger partial charge in [-0.1, -0.05) is 48.5 Å². The van der Waals surface area contributed by atoms with Crippen molar-refractivity contribution < 1.29 is 9.21 Å². The molecule has 2 aromatic carbocycles. The van der Waals surface area contributed by atoms with Crippen molar-refractivity contribution in [3.8, 4) is 11.3 Å². The number of benzene rings is 2. The van der Waals surface area contributed by atoms with Crippen LogP contribution in [0.25, 0.3) is 22.2 Å². The Morgan fingerprint density at radius 2 is 1.83 bits per heavy atom. The molecule has 4 nitrogen and oxygen atoms in total. The van der Waals surface area contributed by atoms with Crippen LogP contribution in [0.2, 0.25) is 0 Å². The zero-order valence-electron chi connectivity index (χ0n) is 12.9. The van der Waals surface area contributed by atoms with E-state index in [-0.39, 0.29) is 11.7 Å². The zero-order valence-corrected chi connectivity index (χ0v) is 13.8. The monoisotopic (exact) mass is 334 g/mol. The van der Waals surface area contributed by atoms with Crippen LogP contribution < -0.4 is 5.32 Å². The quantitative estimate of drug-likeness (QED) is 0.566. The Bertz CT molecular complexity index is 985. The molecule has 0 saturated carbocycles. The lowest BCUT2D eigenvalue weighted by atomic mass is 10.1. The Hall–Kier alpha value is -2.92. The number of anilines is 1. The molecule has 4 rings (SSSR count). The minimum Gasteiger partial charge on any atom is -0.451 e. The molecule has 0 fully saturated rings. The first-order chi connectivity index (χ1) is 11.7. The summed E-state index contributed by atoms with van der Waals surface area (Å²) in [7, 11) is 0. The van der Waals surface area contributed by atoms with Crippen molar-refractivity contribution in [2.45, 2.75) is 6.92 Å². The van der Waals surface area contributed by atoms with Gasteiger partial charge in [0.25, 0.3) is 5.91 Å². The highest BCUT2D eigenvalue weighted by Crippen LogP contribution is 2.30. The summed E-state index contributed by atoms with van der Waals surface area (Å²) in [5, 5.41) is 4.30. The van der Waals surface area contributed by atoms with Gasteiger partial charge in [0, 0.05) is 15.8 Å². The van der Waals surface area contributed by atoms with Gasteiger partial charge in [0.2, 0.25) is 0 Å². The van der Waals surface area contributed by atoms with E-state index in [9.17, 15) is 4.79 Å². The highest BCUT2D eigenvalue weighted by atomic mass is 32.1. The summed E-state index contributed by atoms with van der Waals surface area (Å²) in [6.07, 6.45) is 0. The second-order valence-electron chi connectivity index (χ2n) is 5.39. The van der Waals surface area contributed by atoms with Crippen molar-refractivity contribution in [1.29, 1.82) is 0 Å². The molecule has 4 aromatic rings. The molecule has 24 heavy (non-hydrogen) atoms. The summed E-state index contributed by atoms with van der Waals surface area (Å²) in [5.74, 6) is -0.00937. The molecule has 1 N–H and O–H groups in total. The molecular formula is C19H14N2O2S. The lowest BCUT2D eigenvalue weighted by Gasteiger charge is -1.98. The lowest BCUT2D eigenvalue weighted by molar-refractivity contribution is 0.0998. The molecule has 0 aliphatic heterocycles. The van der Waals surface area contributed by atoms with Gasteiger partial charge in [-0.3, -0.25) is 10.1 Å². The third kappa shape index (κ3) is 2.70. The van der Waals surface area contributed by atoms with E-state index in [2.05, 4.69) is 10.3 Å². The van der Waals surface area contributed by atoms with E-state index < -0.39 is 0 Å². The molecule has 0 unspecified atom stereocenters. The maximum absolute atomic E-state index is 12.4. The Labute approximate surface area is 142 Å². The number of hydrogen-bond acceptors (Lipinski definition) is 4. The maximum atomic E-state index is 12.4. The Balaban J connectivity index is 1.60. The van der Waals surface area contributed by atoms with Gasteiger partial charge in [0.15, 0.2) is 10.9 Å². The topological polar surface area (TPSA) is 55.1 Å². The molecule has 0 radical (unpaired) electrons. The summed E-state index contributed by atoms with van der Waals surface area (Å²) in [4.78, 5) is 18.0. The van der Waals surface area contributed by atoms with Crippen molar-refractivity contribution in [2.24, 2.45) is 0 Å². The molecule has 1 amide bonds. The predicted molar refractivity (Wildman–Crippen MR) is 96.5 cm³/mol. The third-order valence-electron chi connectivity index (χ3n) is 3.71. The van der Waals surface area contributed by atoms with Crippen molar-refractivity contribution in [2.75, 3.05) is 5.32 Å². The van der Waals surface area contributed by atoms with Gasteiger partial charge in [-0.15, -0.1) is 11.3 Å². The van der Waals surface area contributed by atoms with Crippen LogP contribution in [0.3, 0.4) is 0 Å². The molecule has 0 aliphatic carbocycles. The number of aryl methyl sites for hydroxylation is 1. The molecule has 0 aliphatic rings. The van der Waals surface area contributed by atoms with Crippen molar-refractivity contribution in [3.63, 3.8) is 0 Å². The van der Waals surface area contributed by atoms with Crippen LogP contribution in [0.15, 0.2) is 65.1 Å². The molecule has 0 bridgehead atoms. The lowest BCUT2D eigenvalue weighted by Crippen LogP contribution is -2.10. The van der Waals surface area contributed by atoms with Crippen molar-refractivity contribution in [3.05, 3.63) is 71.3 Å². The van der Waals surface area contributed by atoms with Crippen LogP contribution in [-0.4, -0.2) is 10.9 Å². The molecular weight excluding hydrogens is 320 g/mol. The third-order valence-corrected chi connectivity index (χ3v) is 4.60. The fourth-order valence-corrected chi connectivity index (χ4v) is 3.40. The minimum atomic E-state index is -0.292. The summed E-state index contributed by atoms with van der Waals surface area (Å²) < 4.78 is 5.59. The maximum Gasteiger partial charge on any atom is 0.293 e. The van der Waals surface area contributed by atoms with E-state index in [1.54, 1.807) is 6.07 Å². The van der Waals surface area contributed by atoms with Crippen molar-refractivity contribution in [1.82, 2.24) is 4.98 Å². The van der Waals surface area contributed by atoms with Crippen LogP contribution >= 0.6 is 11.3 Å². The Kier molecular flexibility index (Phi) is 3.63. The Morgan fingerprint density at radius 3 is 2.62 bits per heavy atom.